The van der Waals surface area contributed by atoms with Crippen molar-refractivity contribution in [3.8, 4) is 0 Å². The average Bonchev–Trinajstić information content (AvgIpc) is 3.30. The summed E-state index contributed by atoms with van der Waals surface area (Å²) in [6.45, 7) is 7.30. The molecule has 7 heteroatoms. The van der Waals surface area contributed by atoms with Crippen molar-refractivity contribution in [3.63, 3.8) is 0 Å². The minimum absolute atomic E-state index is 0.0118. The van der Waals surface area contributed by atoms with Gasteiger partial charge in [-0.05, 0) is 55.2 Å². The van der Waals surface area contributed by atoms with E-state index in [-0.39, 0.29) is 42.0 Å². The first-order valence-electron chi connectivity index (χ1n) is 11.9. The second-order valence-corrected chi connectivity index (χ2v) is 9.56. The number of aryl methyl sites for hydroxylation is 1. The maximum Gasteiger partial charge on any atom is 0.289 e. The fourth-order valence-electron chi connectivity index (χ4n) is 4.64. The number of carbonyl (C=O) groups excluding carboxylic acids is 3. The highest BCUT2D eigenvalue weighted by atomic mass is 16.2. The van der Waals surface area contributed by atoms with Gasteiger partial charge in [-0.15, -0.1) is 0 Å². The molecule has 2 heterocycles. The summed E-state index contributed by atoms with van der Waals surface area (Å²) in [5, 5.41) is 4.17. The van der Waals surface area contributed by atoms with Gasteiger partial charge in [-0.2, -0.15) is 5.10 Å². The highest BCUT2D eigenvalue weighted by Gasteiger charge is 2.34. The summed E-state index contributed by atoms with van der Waals surface area (Å²) in [5.74, 6) is -0.220. The van der Waals surface area contributed by atoms with Crippen LogP contribution in [0.25, 0.3) is 0 Å². The Hall–Kier alpha value is -2.96. The Morgan fingerprint density at radius 2 is 1.82 bits per heavy atom. The van der Waals surface area contributed by atoms with Gasteiger partial charge >= 0.3 is 0 Å². The summed E-state index contributed by atoms with van der Waals surface area (Å²) in [5.41, 5.74) is 2.44. The van der Waals surface area contributed by atoms with Crippen LogP contribution in [0.4, 0.5) is 0 Å². The van der Waals surface area contributed by atoms with E-state index in [4.69, 9.17) is 0 Å². The summed E-state index contributed by atoms with van der Waals surface area (Å²) >= 11 is 0. The van der Waals surface area contributed by atoms with Crippen LogP contribution in [-0.2, 0) is 27.3 Å². The Morgan fingerprint density at radius 1 is 1.12 bits per heavy atom. The van der Waals surface area contributed by atoms with Crippen molar-refractivity contribution < 1.29 is 14.4 Å². The van der Waals surface area contributed by atoms with E-state index in [9.17, 15) is 14.4 Å². The van der Waals surface area contributed by atoms with E-state index in [1.165, 1.54) is 11.1 Å². The van der Waals surface area contributed by atoms with Gasteiger partial charge in [0.2, 0.25) is 11.7 Å². The zero-order chi connectivity index (χ0) is 24.0. The number of benzene rings is 1. The molecule has 1 aromatic heterocycles. The molecule has 0 radical (unpaired) electrons. The molecule has 0 aliphatic carbocycles. The zero-order valence-corrected chi connectivity index (χ0v) is 20.2. The van der Waals surface area contributed by atoms with Crippen molar-refractivity contribution in [2.75, 3.05) is 20.1 Å². The average molecular weight is 453 g/mol. The van der Waals surface area contributed by atoms with Crippen LogP contribution in [0, 0.1) is 18.8 Å². The molecule has 2 aromatic rings. The topological polar surface area (TPSA) is 75.5 Å². The number of ketones is 1. The zero-order valence-electron chi connectivity index (χ0n) is 20.2. The van der Waals surface area contributed by atoms with Gasteiger partial charge in [0.1, 0.15) is 6.54 Å². The maximum absolute atomic E-state index is 13.1. The van der Waals surface area contributed by atoms with Crippen molar-refractivity contribution in [1.29, 1.82) is 0 Å². The number of Topliss-reactive ketones (excluding diaryl/α,β-unsaturated/α-hetero) is 1. The first-order valence-corrected chi connectivity index (χ1v) is 11.9. The standard InChI is InChI=1S/C26H36N4O3/c1-19(2)16-24(31)26(33)29-14-10-21(11-15-29)23(17-22-9-6-5-8-20(22)3)28(4)25(32)18-30-13-7-12-27-30/h5-9,12-13,19,21,23H,10-11,14-18H2,1-4H3. The first kappa shape index (κ1) is 24.7. The molecule has 1 aromatic carbocycles. The van der Waals surface area contributed by atoms with E-state index in [0.717, 1.165) is 19.3 Å². The van der Waals surface area contributed by atoms with E-state index >= 15 is 0 Å². The predicted octanol–water partition coefficient (Wildman–Crippen LogP) is 3.12. The van der Waals surface area contributed by atoms with Crippen molar-refractivity contribution in [2.24, 2.45) is 11.8 Å². The monoisotopic (exact) mass is 452 g/mol. The SMILES string of the molecule is Cc1ccccc1CC(C1CCN(C(=O)C(=O)CC(C)C)CC1)N(C)C(=O)Cn1cccn1. The van der Waals surface area contributed by atoms with Crippen LogP contribution in [-0.4, -0.2) is 63.4 Å². The number of likely N-dealkylation sites (N-methyl/N-ethyl adjacent to an activating group) is 1. The molecular formula is C26H36N4O3. The van der Waals surface area contributed by atoms with E-state index < -0.39 is 0 Å². The van der Waals surface area contributed by atoms with Gasteiger partial charge in [0.25, 0.3) is 5.91 Å². The molecule has 7 nitrogen and oxygen atoms in total. The van der Waals surface area contributed by atoms with Crippen LogP contribution in [0.5, 0.6) is 0 Å². The molecule has 178 valence electrons. The Bertz CT molecular complexity index is 946. The number of rotatable bonds is 9. The highest BCUT2D eigenvalue weighted by molar-refractivity contribution is 6.36. The summed E-state index contributed by atoms with van der Waals surface area (Å²) in [7, 11) is 1.87. The molecule has 1 fully saturated rings. The smallest absolute Gasteiger partial charge is 0.289 e. The second-order valence-electron chi connectivity index (χ2n) is 9.56. The van der Waals surface area contributed by atoms with Gasteiger partial charge in [-0.3, -0.25) is 19.1 Å². The molecule has 2 amide bonds. The summed E-state index contributed by atoms with van der Waals surface area (Å²) in [6.07, 6.45) is 6.07. The van der Waals surface area contributed by atoms with Crippen molar-refractivity contribution >= 4 is 17.6 Å². The minimum Gasteiger partial charge on any atom is -0.341 e. The number of nitrogens with zero attached hydrogens (tertiary/aromatic N) is 4. The van der Waals surface area contributed by atoms with E-state index in [0.29, 0.717) is 19.5 Å². The van der Waals surface area contributed by atoms with E-state index in [2.05, 4.69) is 24.2 Å². The Kier molecular flexibility index (Phi) is 8.42. The summed E-state index contributed by atoms with van der Waals surface area (Å²) < 4.78 is 1.64. The lowest BCUT2D eigenvalue weighted by Gasteiger charge is -2.40. The molecule has 0 bridgehead atoms. The van der Waals surface area contributed by atoms with Crippen LogP contribution >= 0.6 is 0 Å². The molecule has 1 aliphatic rings. The molecule has 1 aliphatic heterocycles. The van der Waals surface area contributed by atoms with Gasteiger partial charge in [-0.1, -0.05) is 38.1 Å². The van der Waals surface area contributed by atoms with Crippen LogP contribution in [0.1, 0.15) is 44.2 Å². The largest absolute Gasteiger partial charge is 0.341 e. The Labute approximate surface area is 196 Å². The van der Waals surface area contributed by atoms with Gasteiger partial charge in [0.15, 0.2) is 0 Å². The molecule has 3 rings (SSSR count). The lowest BCUT2D eigenvalue weighted by molar-refractivity contribution is -0.146. The van der Waals surface area contributed by atoms with E-state index in [1.807, 2.05) is 44.0 Å². The van der Waals surface area contributed by atoms with Crippen molar-refractivity contribution in [2.45, 2.75) is 59.0 Å². The lowest BCUT2D eigenvalue weighted by Crippen LogP contribution is -2.50. The van der Waals surface area contributed by atoms with Gasteiger partial charge in [0.05, 0.1) is 0 Å². The van der Waals surface area contributed by atoms with Crippen LogP contribution < -0.4 is 0 Å². The number of piperidine rings is 1. The molecule has 0 saturated carbocycles. The fraction of sp³-hybridized carbons (Fsp3) is 0.538. The summed E-state index contributed by atoms with van der Waals surface area (Å²) in [4.78, 5) is 41.5. The van der Waals surface area contributed by atoms with Crippen LogP contribution in [0.2, 0.25) is 0 Å². The summed E-state index contributed by atoms with van der Waals surface area (Å²) in [6, 6.07) is 10.1. The van der Waals surface area contributed by atoms with Gasteiger partial charge in [0, 0.05) is 45.0 Å². The first-order chi connectivity index (χ1) is 15.8. The molecule has 0 N–H and O–H groups in total. The molecular weight excluding hydrogens is 416 g/mol. The van der Waals surface area contributed by atoms with Crippen molar-refractivity contribution in [1.82, 2.24) is 19.6 Å². The predicted molar refractivity (Wildman–Crippen MR) is 127 cm³/mol. The minimum atomic E-state index is -0.360. The molecule has 1 atom stereocenters. The third-order valence-electron chi connectivity index (χ3n) is 6.64. The third-order valence-corrected chi connectivity index (χ3v) is 6.64. The quantitative estimate of drug-likeness (QED) is 0.548. The number of likely N-dealkylation sites (tertiary alicyclic amines) is 1. The Balaban J connectivity index is 1.71. The number of carbonyl (C=O) groups is 3. The second kappa shape index (κ2) is 11.3. The molecule has 33 heavy (non-hydrogen) atoms. The lowest BCUT2D eigenvalue weighted by atomic mass is 9.84. The third kappa shape index (κ3) is 6.53. The normalized spacial score (nSPS) is 15.5. The maximum atomic E-state index is 13.1. The fourth-order valence-corrected chi connectivity index (χ4v) is 4.64. The van der Waals surface area contributed by atoms with Gasteiger partial charge in [-0.25, -0.2) is 0 Å². The van der Waals surface area contributed by atoms with Crippen molar-refractivity contribution in [3.05, 3.63) is 53.9 Å². The molecule has 1 unspecified atom stereocenters. The number of amides is 2. The highest BCUT2D eigenvalue weighted by Crippen LogP contribution is 2.28. The van der Waals surface area contributed by atoms with E-state index in [1.54, 1.807) is 22.0 Å². The molecule has 0 spiro atoms. The number of aromatic nitrogens is 2. The number of hydrogen-bond donors (Lipinski definition) is 0. The Morgan fingerprint density at radius 3 is 2.42 bits per heavy atom. The van der Waals surface area contributed by atoms with Crippen LogP contribution in [0.15, 0.2) is 42.7 Å². The molecule has 1 saturated heterocycles. The number of hydrogen-bond acceptors (Lipinski definition) is 4. The van der Waals surface area contributed by atoms with Crippen LogP contribution in [0.3, 0.4) is 0 Å². The van der Waals surface area contributed by atoms with Gasteiger partial charge < -0.3 is 9.80 Å².